The number of aromatic nitrogens is 1. The summed E-state index contributed by atoms with van der Waals surface area (Å²) >= 11 is 0. The first kappa shape index (κ1) is 15.3. The number of nitrogens with zero attached hydrogens (tertiary/aromatic N) is 2. The van der Waals surface area contributed by atoms with Crippen molar-refractivity contribution in [2.75, 3.05) is 13.1 Å². The van der Waals surface area contributed by atoms with E-state index in [1.807, 2.05) is 31.2 Å². The zero-order valence-electron chi connectivity index (χ0n) is 13.0. The summed E-state index contributed by atoms with van der Waals surface area (Å²) < 4.78 is 5.43. The average molecular weight is 313 g/mol. The second-order valence-corrected chi connectivity index (χ2v) is 5.86. The molecule has 0 atom stereocenters. The number of aryl methyl sites for hydroxylation is 1. The molecule has 0 unspecified atom stereocenters. The topological polar surface area (TPSA) is 89.4 Å². The lowest BCUT2D eigenvalue weighted by Gasteiger charge is -2.30. The van der Waals surface area contributed by atoms with E-state index in [1.54, 1.807) is 4.90 Å². The molecular weight excluding hydrogens is 294 g/mol. The number of carbonyl (C=O) groups is 2. The number of oxazole rings is 1. The van der Waals surface area contributed by atoms with Gasteiger partial charge in [0.05, 0.1) is 0 Å². The molecule has 2 aromatic rings. The van der Waals surface area contributed by atoms with Gasteiger partial charge in [0.2, 0.25) is 5.91 Å². The summed E-state index contributed by atoms with van der Waals surface area (Å²) in [4.78, 5) is 29.7. The fraction of sp³-hybridized carbons (Fsp3) is 0.353. The molecule has 0 bridgehead atoms. The van der Waals surface area contributed by atoms with Crippen LogP contribution in [-0.4, -0.2) is 34.8 Å². The number of rotatable bonds is 3. The fourth-order valence-corrected chi connectivity index (χ4v) is 2.83. The second-order valence-electron chi connectivity index (χ2n) is 5.86. The molecule has 6 heteroatoms. The minimum Gasteiger partial charge on any atom is -0.443 e. The lowest BCUT2D eigenvalue weighted by Crippen LogP contribution is -2.42. The molecule has 1 aliphatic rings. The van der Waals surface area contributed by atoms with Crippen LogP contribution in [-0.2, 0) is 4.79 Å². The van der Waals surface area contributed by atoms with Crippen LogP contribution in [0.2, 0.25) is 0 Å². The summed E-state index contributed by atoms with van der Waals surface area (Å²) in [6.07, 6.45) is 2.48. The van der Waals surface area contributed by atoms with Gasteiger partial charge in [-0.2, -0.15) is 0 Å². The normalized spacial score (nSPS) is 15.6. The summed E-state index contributed by atoms with van der Waals surface area (Å²) in [5.41, 5.74) is 7.59. The zero-order chi connectivity index (χ0) is 16.4. The molecule has 1 saturated heterocycles. The smallest absolute Gasteiger partial charge is 0.276 e. The van der Waals surface area contributed by atoms with Crippen LogP contribution in [0.25, 0.3) is 11.3 Å². The van der Waals surface area contributed by atoms with Gasteiger partial charge in [0.25, 0.3) is 5.91 Å². The Morgan fingerprint density at radius 2 is 1.87 bits per heavy atom. The van der Waals surface area contributed by atoms with Crippen LogP contribution >= 0.6 is 0 Å². The van der Waals surface area contributed by atoms with E-state index in [2.05, 4.69) is 4.98 Å². The Morgan fingerprint density at radius 3 is 2.48 bits per heavy atom. The Morgan fingerprint density at radius 1 is 1.22 bits per heavy atom. The summed E-state index contributed by atoms with van der Waals surface area (Å²) in [6, 6.07) is 7.74. The number of hydrogen-bond acceptors (Lipinski definition) is 4. The minimum absolute atomic E-state index is 0.145. The molecule has 1 aliphatic heterocycles. The van der Waals surface area contributed by atoms with Crippen LogP contribution in [0.15, 0.2) is 35.1 Å². The van der Waals surface area contributed by atoms with Crippen LogP contribution in [0.4, 0.5) is 0 Å². The Hall–Kier alpha value is -2.63. The molecule has 1 aromatic heterocycles. The van der Waals surface area contributed by atoms with Crippen LogP contribution < -0.4 is 5.73 Å². The maximum atomic E-state index is 12.7. The van der Waals surface area contributed by atoms with E-state index >= 15 is 0 Å². The van der Waals surface area contributed by atoms with Crippen molar-refractivity contribution >= 4 is 11.8 Å². The second kappa shape index (κ2) is 6.24. The minimum atomic E-state index is -0.293. The number of piperidine rings is 1. The van der Waals surface area contributed by atoms with Gasteiger partial charge in [-0.3, -0.25) is 9.59 Å². The predicted molar refractivity (Wildman–Crippen MR) is 84.5 cm³/mol. The molecule has 2 N–H and O–H groups in total. The number of benzene rings is 1. The molecule has 3 rings (SSSR count). The third kappa shape index (κ3) is 3.11. The van der Waals surface area contributed by atoms with Crippen molar-refractivity contribution in [2.24, 2.45) is 11.7 Å². The van der Waals surface area contributed by atoms with Gasteiger partial charge in [0.15, 0.2) is 17.8 Å². The van der Waals surface area contributed by atoms with E-state index in [0.717, 1.165) is 11.1 Å². The van der Waals surface area contributed by atoms with Gasteiger partial charge in [-0.15, -0.1) is 0 Å². The highest BCUT2D eigenvalue weighted by atomic mass is 16.3. The number of nitrogens with two attached hydrogens (primary N) is 1. The Balaban J connectivity index is 1.78. The number of carbonyl (C=O) groups excluding carboxylic acids is 2. The van der Waals surface area contributed by atoms with Crippen molar-refractivity contribution in [3.05, 3.63) is 41.9 Å². The van der Waals surface area contributed by atoms with Crippen LogP contribution in [0, 0.1) is 12.8 Å². The van der Waals surface area contributed by atoms with E-state index in [-0.39, 0.29) is 17.7 Å². The van der Waals surface area contributed by atoms with Crippen LogP contribution in [0.1, 0.15) is 28.9 Å². The van der Waals surface area contributed by atoms with Crippen molar-refractivity contribution in [3.63, 3.8) is 0 Å². The lowest BCUT2D eigenvalue weighted by atomic mass is 9.96. The quantitative estimate of drug-likeness (QED) is 0.938. The van der Waals surface area contributed by atoms with E-state index < -0.39 is 0 Å². The maximum absolute atomic E-state index is 12.7. The Bertz CT molecular complexity index is 713. The van der Waals surface area contributed by atoms with Crippen molar-refractivity contribution < 1.29 is 14.0 Å². The van der Waals surface area contributed by atoms with E-state index in [0.29, 0.717) is 37.4 Å². The Labute approximate surface area is 134 Å². The van der Waals surface area contributed by atoms with Crippen molar-refractivity contribution in [3.8, 4) is 11.3 Å². The third-order valence-electron chi connectivity index (χ3n) is 4.27. The number of hydrogen-bond donors (Lipinski definition) is 1. The van der Waals surface area contributed by atoms with E-state index in [4.69, 9.17) is 10.2 Å². The first-order valence-corrected chi connectivity index (χ1v) is 7.65. The van der Waals surface area contributed by atoms with E-state index in [9.17, 15) is 9.59 Å². The highest BCUT2D eigenvalue weighted by molar-refractivity contribution is 5.97. The fourth-order valence-electron chi connectivity index (χ4n) is 2.83. The zero-order valence-corrected chi connectivity index (χ0v) is 13.0. The van der Waals surface area contributed by atoms with Gasteiger partial charge in [-0.25, -0.2) is 4.98 Å². The van der Waals surface area contributed by atoms with Crippen molar-refractivity contribution in [1.29, 1.82) is 0 Å². The highest BCUT2D eigenvalue weighted by Gasteiger charge is 2.29. The molecule has 1 aromatic carbocycles. The molecule has 23 heavy (non-hydrogen) atoms. The Kier molecular flexibility index (Phi) is 4.14. The molecule has 0 saturated carbocycles. The van der Waals surface area contributed by atoms with Crippen molar-refractivity contribution in [1.82, 2.24) is 9.88 Å². The molecule has 1 fully saturated rings. The summed E-state index contributed by atoms with van der Waals surface area (Å²) in [6.45, 7) is 3.01. The monoisotopic (exact) mass is 313 g/mol. The number of primary amides is 1. The molecule has 6 nitrogen and oxygen atoms in total. The maximum Gasteiger partial charge on any atom is 0.276 e. The molecule has 2 amide bonds. The predicted octanol–water partition coefficient (Wildman–Crippen LogP) is 1.99. The standard InChI is InChI=1S/C17H19N3O3/c1-11-2-4-12(5-3-11)15-14(19-10-23-15)17(22)20-8-6-13(7-9-20)16(18)21/h2-5,10,13H,6-9H2,1H3,(H2,18,21). The third-order valence-corrected chi connectivity index (χ3v) is 4.27. The average Bonchev–Trinajstić information content (AvgIpc) is 3.04. The molecule has 0 radical (unpaired) electrons. The molecule has 2 heterocycles. The van der Waals surface area contributed by atoms with Gasteiger partial charge in [-0.05, 0) is 19.8 Å². The number of likely N-dealkylation sites (tertiary alicyclic amines) is 1. The molecular formula is C17H19N3O3. The van der Waals surface area contributed by atoms with E-state index in [1.165, 1.54) is 6.39 Å². The number of amides is 2. The first-order valence-electron chi connectivity index (χ1n) is 7.65. The van der Waals surface area contributed by atoms with Gasteiger partial charge >= 0.3 is 0 Å². The van der Waals surface area contributed by atoms with Gasteiger partial charge in [-0.1, -0.05) is 29.8 Å². The van der Waals surface area contributed by atoms with Crippen LogP contribution in [0.5, 0.6) is 0 Å². The van der Waals surface area contributed by atoms with Gasteiger partial charge in [0.1, 0.15) is 0 Å². The van der Waals surface area contributed by atoms with Crippen LogP contribution in [0.3, 0.4) is 0 Å². The molecule has 0 aliphatic carbocycles. The highest BCUT2D eigenvalue weighted by Crippen LogP contribution is 2.26. The van der Waals surface area contributed by atoms with Crippen molar-refractivity contribution in [2.45, 2.75) is 19.8 Å². The summed E-state index contributed by atoms with van der Waals surface area (Å²) in [7, 11) is 0. The molecule has 120 valence electrons. The summed E-state index contributed by atoms with van der Waals surface area (Å²) in [5, 5.41) is 0. The first-order chi connectivity index (χ1) is 11.1. The largest absolute Gasteiger partial charge is 0.443 e. The SMILES string of the molecule is Cc1ccc(-c2ocnc2C(=O)N2CCC(C(N)=O)CC2)cc1. The van der Waals surface area contributed by atoms with Gasteiger partial charge < -0.3 is 15.1 Å². The van der Waals surface area contributed by atoms with Gasteiger partial charge in [0, 0.05) is 24.6 Å². The summed E-state index contributed by atoms with van der Waals surface area (Å²) in [5.74, 6) is -0.129. The molecule has 0 spiro atoms. The lowest BCUT2D eigenvalue weighted by molar-refractivity contribution is -0.123.